The van der Waals surface area contributed by atoms with E-state index in [9.17, 15) is 9.59 Å². The van der Waals surface area contributed by atoms with Crippen LogP contribution in [0.5, 0.6) is 0 Å². The van der Waals surface area contributed by atoms with Crippen LogP contribution in [0.3, 0.4) is 0 Å². The van der Waals surface area contributed by atoms with E-state index in [2.05, 4.69) is 25.3 Å². The summed E-state index contributed by atoms with van der Waals surface area (Å²) in [6.07, 6.45) is 4.39. The van der Waals surface area contributed by atoms with Crippen molar-refractivity contribution in [2.75, 3.05) is 11.9 Å². The normalized spacial score (nSPS) is 10.8. The Balaban J connectivity index is 1.88. The summed E-state index contributed by atoms with van der Waals surface area (Å²) in [6.45, 7) is 1.97. The second-order valence-corrected chi connectivity index (χ2v) is 6.29. The van der Waals surface area contributed by atoms with Crippen LogP contribution in [0.2, 0.25) is 0 Å². The summed E-state index contributed by atoms with van der Waals surface area (Å²) in [5.41, 5.74) is 3.36. The molecule has 0 bridgehead atoms. The Morgan fingerprint density at radius 1 is 1.21 bits per heavy atom. The van der Waals surface area contributed by atoms with E-state index in [4.69, 9.17) is 4.74 Å². The van der Waals surface area contributed by atoms with Crippen LogP contribution in [-0.2, 0) is 11.8 Å². The topological polar surface area (TPSA) is 115 Å². The number of nitrogens with zero attached hydrogens (tertiary/aromatic N) is 4. The first-order valence-electron chi connectivity index (χ1n) is 8.97. The third-order valence-electron chi connectivity index (χ3n) is 4.33. The van der Waals surface area contributed by atoms with Gasteiger partial charge in [-0.1, -0.05) is 0 Å². The molecule has 1 aromatic carbocycles. The average molecular weight is 390 g/mol. The van der Waals surface area contributed by atoms with E-state index in [1.54, 1.807) is 44.7 Å². The van der Waals surface area contributed by atoms with Gasteiger partial charge in [-0.2, -0.15) is 0 Å². The maximum Gasteiger partial charge on any atom is 0.413 e. The van der Waals surface area contributed by atoms with Gasteiger partial charge in [0.05, 0.1) is 12.1 Å². The van der Waals surface area contributed by atoms with E-state index in [1.807, 2.05) is 18.2 Å². The Hall–Kier alpha value is -4.01. The van der Waals surface area contributed by atoms with Gasteiger partial charge in [-0.25, -0.2) is 19.7 Å². The molecule has 9 heteroatoms. The number of amides is 1. The maximum absolute atomic E-state index is 12.1. The molecule has 2 N–H and O–H groups in total. The summed E-state index contributed by atoms with van der Waals surface area (Å²) in [5, 5.41) is 2.56. The number of benzene rings is 1. The smallest absolute Gasteiger partial charge is 0.413 e. The summed E-state index contributed by atoms with van der Waals surface area (Å²) >= 11 is 0. The number of aromatic nitrogens is 5. The van der Waals surface area contributed by atoms with E-state index in [-0.39, 0.29) is 18.1 Å². The van der Waals surface area contributed by atoms with Crippen LogP contribution in [-0.4, -0.2) is 37.2 Å². The molecule has 4 aromatic rings. The van der Waals surface area contributed by atoms with Crippen LogP contribution in [0.15, 0.2) is 53.7 Å². The number of hydrogen-bond acceptors (Lipinski definition) is 6. The van der Waals surface area contributed by atoms with Gasteiger partial charge in [0.15, 0.2) is 5.82 Å². The van der Waals surface area contributed by atoms with Crippen molar-refractivity contribution in [3.63, 3.8) is 0 Å². The zero-order chi connectivity index (χ0) is 20.4. The molecular formula is C20H18N6O3. The first-order valence-corrected chi connectivity index (χ1v) is 8.97. The van der Waals surface area contributed by atoms with Crippen molar-refractivity contribution in [2.45, 2.75) is 6.92 Å². The minimum absolute atomic E-state index is 0.116. The predicted octanol–water partition coefficient (Wildman–Crippen LogP) is 2.95. The second kappa shape index (κ2) is 7.55. The highest BCUT2D eigenvalue weighted by atomic mass is 16.5. The first-order chi connectivity index (χ1) is 14.0. The number of carbonyl (C=O) groups is 1. The predicted molar refractivity (Wildman–Crippen MR) is 108 cm³/mol. The van der Waals surface area contributed by atoms with E-state index in [0.29, 0.717) is 22.4 Å². The highest BCUT2D eigenvalue weighted by Crippen LogP contribution is 2.31. The molecule has 0 aliphatic heterocycles. The minimum atomic E-state index is -0.601. The van der Waals surface area contributed by atoms with Gasteiger partial charge >= 0.3 is 6.09 Å². The molecule has 4 rings (SSSR count). The number of ether oxygens (including phenoxy) is 1. The number of aryl methyl sites for hydroxylation is 1. The summed E-state index contributed by atoms with van der Waals surface area (Å²) in [6, 6.07) is 8.88. The van der Waals surface area contributed by atoms with Crippen molar-refractivity contribution in [2.24, 2.45) is 7.05 Å². The quantitative estimate of drug-likeness (QED) is 0.554. The number of rotatable bonds is 4. The van der Waals surface area contributed by atoms with Gasteiger partial charge in [0, 0.05) is 37.3 Å². The fourth-order valence-corrected chi connectivity index (χ4v) is 2.94. The van der Waals surface area contributed by atoms with Crippen molar-refractivity contribution >= 4 is 23.1 Å². The highest BCUT2D eigenvalue weighted by Gasteiger charge is 2.16. The van der Waals surface area contributed by atoms with Gasteiger partial charge in [-0.15, -0.1) is 0 Å². The number of imidazole rings is 1. The number of aromatic amines is 1. The van der Waals surface area contributed by atoms with Gasteiger partial charge in [0.25, 0.3) is 5.56 Å². The lowest BCUT2D eigenvalue weighted by atomic mass is 10.0. The lowest BCUT2D eigenvalue weighted by Gasteiger charge is -2.07. The van der Waals surface area contributed by atoms with Crippen LogP contribution in [0, 0.1) is 0 Å². The molecule has 0 saturated heterocycles. The maximum atomic E-state index is 12.1. The van der Waals surface area contributed by atoms with Crippen LogP contribution in [0.4, 0.5) is 10.7 Å². The molecule has 3 aromatic heterocycles. The molecule has 0 radical (unpaired) electrons. The van der Waals surface area contributed by atoms with E-state index in [1.165, 1.54) is 4.57 Å². The van der Waals surface area contributed by atoms with Crippen molar-refractivity contribution < 1.29 is 9.53 Å². The van der Waals surface area contributed by atoms with Gasteiger partial charge in [-0.05, 0) is 42.3 Å². The van der Waals surface area contributed by atoms with Gasteiger partial charge in [0.1, 0.15) is 5.52 Å². The first kappa shape index (κ1) is 18.4. The minimum Gasteiger partial charge on any atom is -0.450 e. The number of H-pyrrole nitrogens is 1. The summed E-state index contributed by atoms with van der Waals surface area (Å²) < 4.78 is 6.40. The fraction of sp³-hybridized carbons (Fsp3) is 0.150. The average Bonchev–Trinajstić information content (AvgIpc) is 3.12. The number of carbonyl (C=O) groups excluding carboxylic acids is 1. The molecule has 0 spiro atoms. The van der Waals surface area contributed by atoms with Crippen molar-refractivity contribution in [1.29, 1.82) is 0 Å². The zero-order valence-corrected chi connectivity index (χ0v) is 15.8. The van der Waals surface area contributed by atoms with Crippen molar-refractivity contribution in [3.8, 4) is 22.5 Å². The lowest BCUT2D eigenvalue weighted by molar-refractivity contribution is 0.167. The Morgan fingerprint density at radius 2 is 2.00 bits per heavy atom. The Bertz CT molecular complexity index is 1250. The molecule has 0 aliphatic rings. The van der Waals surface area contributed by atoms with E-state index in [0.717, 1.165) is 11.1 Å². The molecular weight excluding hydrogens is 372 g/mol. The fourth-order valence-electron chi connectivity index (χ4n) is 2.94. The number of anilines is 1. The lowest BCUT2D eigenvalue weighted by Crippen LogP contribution is -2.14. The van der Waals surface area contributed by atoms with Crippen LogP contribution < -0.4 is 10.9 Å². The van der Waals surface area contributed by atoms with Crippen LogP contribution in [0.25, 0.3) is 33.5 Å². The van der Waals surface area contributed by atoms with Crippen LogP contribution >= 0.6 is 0 Å². The number of pyridine rings is 1. The Kier molecular flexibility index (Phi) is 4.78. The highest BCUT2D eigenvalue weighted by molar-refractivity contribution is 5.96. The summed E-state index contributed by atoms with van der Waals surface area (Å²) in [5.74, 6) is 0.731. The summed E-state index contributed by atoms with van der Waals surface area (Å²) in [4.78, 5) is 40.0. The molecule has 0 unspecified atom stereocenters. The monoisotopic (exact) mass is 390 g/mol. The van der Waals surface area contributed by atoms with Crippen molar-refractivity contribution in [1.82, 2.24) is 24.5 Å². The number of nitrogens with one attached hydrogen (secondary N) is 2. The molecule has 146 valence electrons. The molecule has 1 amide bonds. The molecule has 29 heavy (non-hydrogen) atoms. The van der Waals surface area contributed by atoms with Crippen molar-refractivity contribution in [3.05, 3.63) is 59.3 Å². The molecule has 9 nitrogen and oxygen atoms in total. The van der Waals surface area contributed by atoms with E-state index >= 15 is 0 Å². The largest absolute Gasteiger partial charge is 0.450 e. The standard InChI is InChI=1S/C20H18N6O3/c1-3-29-20(28)25-19-23-15-10-13(12-5-8-26(2)16(27)11-12)9-14(17(15)24-19)18-21-6-4-7-22-18/h4-11H,3H2,1-2H3,(H2,23,24,25,28). The third-order valence-corrected chi connectivity index (χ3v) is 4.33. The van der Waals surface area contributed by atoms with Gasteiger partial charge in [0.2, 0.25) is 5.95 Å². The van der Waals surface area contributed by atoms with E-state index < -0.39 is 6.09 Å². The third kappa shape index (κ3) is 3.70. The summed E-state index contributed by atoms with van der Waals surface area (Å²) in [7, 11) is 1.70. The van der Waals surface area contributed by atoms with Gasteiger partial charge < -0.3 is 14.3 Å². The second-order valence-electron chi connectivity index (χ2n) is 6.29. The Morgan fingerprint density at radius 3 is 2.72 bits per heavy atom. The van der Waals surface area contributed by atoms with Gasteiger partial charge in [-0.3, -0.25) is 10.1 Å². The zero-order valence-electron chi connectivity index (χ0n) is 15.8. The SMILES string of the molecule is CCOC(=O)Nc1nc2c(-c3ncccn3)cc(-c3ccn(C)c(=O)c3)cc2[nH]1. The molecule has 0 fully saturated rings. The molecule has 0 aliphatic carbocycles. The number of fused-ring (bicyclic) bond motifs is 1. The van der Waals surface area contributed by atoms with Crippen LogP contribution in [0.1, 0.15) is 6.92 Å². The molecule has 3 heterocycles. The number of hydrogen-bond donors (Lipinski definition) is 2. The Labute approximate surface area is 165 Å². The molecule has 0 saturated carbocycles. The molecule has 0 atom stereocenters.